The van der Waals surface area contributed by atoms with E-state index in [0.717, 1.165) is 51.0 Å². The van der Waals surface area contributed by atoms with Gasteiger partial charge in [-0.15, -0.1) is 0 Å². The summed E-state index contributed by atoms with van der Waals surface area (Å²) in [7, 11) is 0. The first kappa shape index (κ1) is 17.8. The normalized spacial score (nSPS) is 27.4. The maximum Gasteiger partial charge on any atom is 0.227 e. The van der Waals surface area contributed by atoms with Crippen LogP contribution in [-0.4, -0.2) is 30.0 Å². The molecule has 0 aromatic carbocycles. The Morgan fingerprint density at radius 1 is 1.35 bits per heavy atom. The zero-order valence-corrected chi connectivity index (χ0v) is 14.4. The molecule has 0 radical (unpaired) electrons. The summed E-state index contributed by atoms with van der Waals surface area (Å²) in [6, 6.07) is 0. The summed E-state index contributed by atoms with van der Waals surface area (Å²) < 4.78 is 0.174. The Morgan fingerprint density at radius 2 is 1.90 bits per heavy atom. The van der Waals surface area contributed by atoms with E-state index in [-0.39, 0.29) is 16.1 Å². The Balaban J connectivity index is 2.64. The van der Waals surface area contributed by atoms with Gasteiger partial charge in [0.2, 0.25) is 5.91 Å². The quantitative estimate of drug-likeness (QED) is 0.759. The number of carbonyl (C=O) groups is 1. The highest BCUT2D eigenvalue weighted by Gasteiger charge is 2.40. The molecule has 0 unspecified atom stereocenters. The first-order valence-corrected chi connectivity index (χ1v) is 9.23. The van der Waals surface area contributed by atoms with Gasteiger partial charge in [-0.1, -0.05) is 20.8 Å². The van der Waals surface area contributed by atoms with Gasteiger partial charge >= 0.3 is 0 Å². The molecular weight excluding hydrogens is 268 g/mol. The molecular formula is C16H32N2OS. The van der Waals surface area contributed by atoms with E-state index in [2.05, 4.69) is 32.3 Å². The van der Waals surface area contributed by atoms with Gasteiger partial charge in [0.1, 0.15) is 0 Å². The van der Waals surface area contributed by atoms with Crippen molar-refractivity contribution in [2.75, 3.05) is 19.3 Å². The predicted molar refractivity (Wildman–Crippen MR) is 89.0 cm³/mol. The number of thioether (sulfide) groups is 1. The van der Waals surface area contributed by atoms with Gasteiger partial charge in [-0.2, -0.15) is 11.8 Å². The highest BCUT2D eigenvalue weighted by Crippen LogP contribution is 2.38. The van der Waals surface area contributed by atoms with Crippen LogP contribution >= 0.6 is 11.8 Å². The lowest BCUT2D eigenvalue weighted by molar-refractivity contribution is -0.133. The number of hydrogen-bond acceptors (Lipinski definition) is 3. The number of nitrogens with one attached hydrogen (secondary N) is 1. The van der Waals surface area contributed by atoms with Crippen molar-refractivity contribution in [3.8, 4) is 0 Å². The molecule has 0 aliphatic heterocycles. The van der Waals surface area contributed by atoms with Crippen molar-refractivity contribution in [3.05, 3.63) is 0 Å². The summed E-state index contributed by atoms with van der Waals surface area (Å²) in [6.07, 6.45) is 8.44. The van der Waals surface area contributed by atoms with Gasteiger partial charge in [0.05, 0.1) is 5.41 Å². The fourth-order valence-electron chi connectivity index (χ4n) is 3.13. The Bertz CT molecular complexity index is 299. The second kappa shape index (κ2) is 7.69. The molecule has 20 heavy (non-hydrogen) atoms. The number of nitrogens with two attached hydrogens (primary N) is 1. The Labute approximate surface area is 128 Å². The third-order valence-corrected chi connectivity index (χ3v) is 6.98. The molecule has 0 bridgehead atoms. The lowest BCUT2D eigenvalue weighted by atomic mass is 9.70. The van der Waals surface area contributed by atoms with E-state index < -0.39 is 0 Å². The molecule has 0 heterocycles. The van der Waals surface area contributed by atoms with Crippen molar-refractivity contribution >= 4 is 17.7 Å². The van der Waals surface area contributed by atoms with E-state index in [9.17, 15) is 4.79 Å². The summed E-state index contributed by atoms with van der Waals surface area (Å²) in [5.74, 6) is 0.922. The minimum Gasteiger partial charge on any atom is -0.354 e. The van der Waals surface area contributed by atoms with Crippen LogP contribution in [0.5, 0.6) is 0 Å². The van der Waals surface area contributed by atoms with Crippen LogP contribution in [0.3, 0.4) is 0 Å². The van der Waals surface area contributed by atoms with Gasteiger partial charge in [0, 0.05) is 17.8 Å². The molecule has 1 rings (SSSR count). The van der Waals surface area contributed by atoms with Gasteiger partial charge in [0.15, 0.2) is 0 Å². The molecule has 3 nitrogen and oxygen atoms in total. The van der Waals surface area contributed by atoms with Crippen molar-refractivity contribution in [1.82, 2.24) is 5.32 Å². The van der Waals surface area contributed by atoms with Crippen LogP contribution in [0.15, 0.2) is 0 Å². The number of amides is 1. The van der Waals surface area contributed by atoms with Gasteiger partial charge < -0.3 is 11.1 Å². The topological polar surface area (TPSA) is 55.1 Å². The van der Waals surface area contributed by atoms with Crippen LogP contribution in [-0.2, 0) is 4.79 Å². The fourth-order valence-corrected chi connectivity index (χ4v) is 3.92. The molecule has 118 valence electrons. The van der Waals surface area contributed by atoms with E-state index in [1.807, 2.05) is 11.8 Å². The van der Waals surface area contributed by atoms with Gasteiger partial charge in [-0.25, -0.2) is 0 Å². The summed E-state index contributed by atoms with van der Waals surface area (Å²) in [6.45, 7) is 7.92. The van der Waals surface area contributed by atoms with E-state index in [4.69, 9.17) is 5.73 Å². The molecule has 3 N–H and O–H groups in total. The molecule has 1 saturated carbocycles. The van der Waals surface area contributed by atoms with Crippen LogP contribution in [0.25, 0.3) is 0 Å². The molecule has 0 spiro atoms. The van der Waals surface area contributed by atoms with E-state index in [1.165, 1.54) is 0 Å². The van der Waals surface area contributed by atoms with Crippen molar-refractivity contribution in [2.45, 2.75) is 64.0 Å². The van der Waals surface area contributed by atoms with Gasteiger partial charge in [-0.05, 0) is 50.7 Å². The largest absolute Gasteiger partial charge is 0.354 e. The van der Waals surface area contributed by atoms with E-state index in [1.54, 1.807) is 0 Å². The number of hydrogen-bond donors (Lipinski definition) is 2. The standard InChI is InChI=1S/C16H32N2OS/c1-5-16(6-2,20-4)12-18-14(19)15(11-17)9-7-13(3)8-10-15/h13H,5-12,17H2,1-4H3,(H,18,19). The van der Waals surface area contributed by atoms with Crippen LogP contribution in [0, 0.1) is 11.3 Å². The van der Waals surface area contributed by atoms with Crippen LogP contribution in [0.4, 0.5) is 0 Å². The third kappa shape index (κ3) is 3.91. The zero-order valence-electron chi connectivity index (χ0n) is 13.6. The first-order chi connectivity index (χ1) is 9.47. The number of carbonyl (C=O) groups excluding carboxylic acids is 1. The van der Waals surface area contributed by atoms with Crippen LogP contribution in [0.2, 0.25) is 0 Å². The lowest BCUT2D eigenvalue weighted by Crippen LogP contribution is -2.51. The first-order valence-electron chi connectivity index (χ1n) is 8.01. The van der Waals surface area contributed by atoms with Crippen molar-refractivity contribution in [1.29, 1.82) is 0 Å². The predicted octanol–water partition coefficient (Wildman–Crippen LogP) is 3.18. The van der Waals surface area contributed by atoms with E-state index in [0.29, 0.717) is 6.54 Å². The minimum absolute atomic E-state index is 0.174. The van der Waals surface area contributed by atoms with Crippen LogP contribution in [0.1, 0.15) is 59.3 Å². The second-order valence-corrected chi connectivity index (χ2v) is 7.72. The maximum atomic E-state index is 12.7. The third-order valence-electron chi connectivity index (χ3n) is 5.40. The van der Waals surface area contributed by atoms with E-state index >= 15 is 0 Å². The highest BCUT2D eigenvalue weighted by atomic mass is 32.2. The van der Waals surface area contributed by atoms with Crippen LogP contribution < -0.4 is 11.1 Å². The summed E-state index contributed by atoms with van der Waals surface area (Å²) in [5.41, 5.74) is 5.65. The summed E-state index contributed by atoms with van der Waals surface area (Å²) in [5, 5.41) is 3.21. The molecule has 0 aromatic rings. The Hall–Kier alpha value is -0.220. The molecule has 1 aliphatic carbocycles. The summed E-state index contributed by atoms with van der Waals surface area (Å²) in [4.78, 5) is 12.7. The molecule has 4 heteroatoms. The highest BCUT2D eigenvalue weighted by molar-refractivity contribution is 8.00. The zero-order chi connectivity index (χ0) is 15.2. The van der Waals surface area contributed by atoms with Gasteiger partial charge in [0.25, 0.3) is 0 Å². The Morgan fingerprint density at radius 3 is 2.30 bits per heavy atom. The van der Waals surface area contributed by atoms with Gasteiger partial charge in [-0.3, -0.25) is 4.79 Å². The average Bonchev–Trinajstić information content (AvgIpc) is 2.50. The Kier molecular flexibility index (Phi) is 6.86. The maximum absolute atomic E-state index is 12.7. The molecule has 0 aromatic heterocycles. The number of rotatable bonds is 7. The molecule has 1 aliphatic rings. The minimum atomic E-state index is -0.307. The smallest absolute Gasteiger partial charge is 0.227 e. The van der Waals surface area contributed by atoms with Crippen molar-refractivity contribution in [2.24, 2.45) is 17.1 Å². The fraction of sp³-hybridized carbons (Fsp3) is 0.938. The SMILES string of the molecule is CCC(CC)(CNC(=O)C1(CN)CCC(C)CC1)SC. The molecule has 0 atom stereocenters. The molecule has 1 amide bonds. The van der Waals surface area contributed by atoms with Crippen molar-refractivity contribution in [3.63, 3.8) is 0 Å². The lowest BCUT2D eigenvalue weighted by Gasteiger charge is -2.38. The second-order valence-electron chi connectivity index (χ2n) is 6.44. The summed E-state index contributed by atoms with van der Waals surface area (Å²) >= 11 is 1.87. The van der Waals surface area contributed by atoms with Crippen molar-refractivity contribution < 1.29 is 4.79 Å². The monoisotopic (exact) mass is 300 g/mol. The average molecular weight is 301 g/mol. The molecule has 1 fully saturated rings. The molecule has 0 saturated heterocycles.